The van der Waals surface area contributed by atoms with E-state index in [1.807, 2.05) is 13.0 Å². The van der Waals surface area contributed by atoms with E-state index in [2.05, 4.69) is 17.2 Å². The van der Waals surface area contributed by atoms with Crippen LogP contribution in [-0.4, -0.2) is 24.7 Å². The molecule has 1 heterocycles. The number of nitrogens with zero attached hydrogens (tertiary/aromatic N) is 1. The zero-order valence-corrected chi connectivity index (χ0v) is 10.6. The summed E-state index contributed by atoms with van der Waals surface area (Å²) in [5.74, 6) is 0. The first-order chi connectivity index (χ1) is 7.79. The van der Waals surface area contributed by atoms with E-state index >= 15 is 0 Å². The van der Waals surface area contributed by atoms with Crippen LogP contribution in [0, 0.1) is 0 Å². The highest BCUT2D eigenvalue weighted by atomic mass is 35.5. The van der Waals surface area contributed by atoms with E-state index in [0.717, 1.165) is 18.5 Å². The van der Waals surface area contributed by atoms with Gasteiger partial charge in [0.1, 0.15) is 0 Å². The molecule has 0 aliphatic carbocycles. The summed E-state index contributed by atoms with van der Waals surface area (Å²) < 4.78 is 5.46. The van der Waals surface area contributed by atoms with Crippen LogP contribution in [0.25, 0.3) is 0 Å². The van der Waals surface area contributed by atoms with Crippen LogP contribution in [0.4, 0.5) is 0 Å². The minimum Gasteiger partial charge on any atom is -0.380 e. The molecule has 0 fully saturated rings. The van der Waals surface area contributed by atoms with Gasteiger partial charge in [-0.05, 0) is 31.5 Å². The van der Waals surface area contributed by atoms with Crippen LogP contribution in [-0.2, 0) is 4.74 Å². The van der Waals surface area contributed by atoms with Crippen LogP contribution in [0.1, 0.15) is 31.9 Å². The Morgan fingerprint density at radius 1 is 1.50 bits per heavy atom. The highest BCUT2D eigenvalue weighted by Gasteiger charge is 2.13. The van der Waals surface area contributed by atoms with Crippen molar-refractivity contribution < 1.29 is 4.74 Å². The zero-order chi connectivity index (χ0) is 11.8. The average molecular weight is 243 g/mol. The third-order valence-electron chi connectivity index (χ3n) is 2.31. The number of aromatic nitrogens is 1. The zero-order valence-electron chi connectivity index (χ0n) is 9.87. The van der Waals surface area contributed by atoms with Crippen molar-refractivity contribution in [2.45, 2.75) is 26.3 Å². The van der Waals surface area contributed by atoms with Crippen LogP contribution in [0.3, 0.4) is 0 Å². The fraction of sp³-hybridized carbons (Fsp3) is 0.583. The normalized spacial score (nSPS) is 12.7. The van der Waals surface area contributed by atoms with Gasteiger partial charge < -0.3 is 10.1 Å². The van der Waals surface area contributed by atoms with Crippen LogP contribution in [0.5, 0.6) is 0 Å². The Balaban J connectivity index is 2.70. The Morgan fingerprint density at radius 2 is 2.31 bits per heavy atom. The van der Waals surface area contributed by atoms with E-state index in [0.29, 0.717) is 18.2 Å². The van der Waals surface area contributed by atoms with E-state index in [1.54, 1.807) is 12.4 Å². The second-order valence-corrected chi connectivity index (χ2v) is 3.97. The predicted octanol–water partition coefficient (Wildman–Crippen LogP) is 2.81. The standard InChI is InChI=1S/C12H19ClN2O/c1-3-6-15-12(9-16-4-2)10-5-7-14-8-11(10)13/h5,7-8,12,15H,3-4,6,9H2,1-2H3. The first-order valence-electron chi connectivity index (χ1n) is 5.70. The lowest BCUT2D eigenvalue weighted by atomic mass is 10.1. The molecule has 1 N–H and O–H groups in total. The monoisotopic (exact) mass is 242 g/mol. The number of nitrogens with one attached hydrogen (secondary N) is 1. The van der Waals surface area contributed by atoms with Gasteiger partial charge >= 0.3 is 0 Å². The van der Waals surface area contributed by atoms with E-state index < -0.39 is 0 Å². The molecule has 0 saturated carbocycles. The summed E-state index contributed by atoms with van der Waals surface area (Å²) in [6.07, 6.45) is 4.52. The summed E-state index contributed by atoms with van der Waals surface area (Å²) in [4.78, 5) is 3.99. The summed E-state index contributed by atoms with van der Waals surface area (Å²) in [5.41, 5.74) is 1.05. The van der Waals surface area contributed by atoms with Crippen molar-refractivity contribution in [3.8, 4) is 0 Å². The Hall–Kier alpha value is -0.640. The molecule has 1 aromatic rings. The van der Waals surface area contributed by atoms with Gasteiger partial charge in [-0.25, -0.2) is 0 Å². The molecule has 0 aliphatic heterocycles. The van der Waals surface area contributed by atoms with Crippen LogP contribution in [0.2, 0.25) is 5.02 Å². The molecule has 0 aliphatic rings. The van der Waals surface area contributed by atoms with Crippen molar-refractivity contribution in [2.24, 2.45) is 0 Å². The molecular weight excluding hydrogens is 224 g/mol. The van der Waals surface area contributed by atoms with Gasteiger partial charge in [-0.1, -0.05) is 18.5 Å². The first-order valence-corrected chi connectivity index (χ1v) is 6.07. The summed E-state index contributed by atoms with van der Waals surface area (Å²) in [7, 11) is 0. The van der Waals surface area contributed by atoms with Gasteiger partial charge in [-0.15, -0.1) is 0 Å². The summed E-state index contributed by atoms with van der Waals surface area (Å²) in [5, 5.41) is 4.11. The lowest BCUT2D eigenvalue weighted by Crippen LogP contribution is -2.26. The van der Waals surface area contributed by atoms with Crippen molar-refractivity contribution in [2.75, 3.05) is 19.8 Å². The molecule has 4 heteroatoms. The van der Waals surface area contributed by atoms with Crippen molar-refractivity contribution >= 4 is 11.6 Å². The molecule has 0 saturated heterocycles. The van der Waals surface area contributed by atoms with Gasteiger partial charge in [0.25, 0.3) is 0 Å². The lowest BCUT2D eigenvalue weighted by molar-refractivity contribution is 0.123. The fourth-order valence-corrected chi connectivity index (χ4v) is 1.73. The molecule has 0 radical (unpaired) electrons. The van der Waals surface area contributed by atoms with Crippen molar-refractivity contribution in [3.63, 3.8) is 0 Å². The second kappa shape index (κ2) is 7.60. The Labute approximate surface area is 102 Å². The molecule has 1 aromatic heterocycles. The SMILES string of the molecule is CCCNC(COCC)c1ccncc1Cl. The molecule has 90 valence electrons. The minimum absolute atomic E-state index is 0.149. The van der Waals surface area contributed by atoms with Gasteiger partial charge in [0.15, 0.2) is 0 Å². The maximum atomic E-state index is 6.12. The van der Waals surface area contributed by atoms with Gasteiger partial charge in [0.05, 0.1) is 17.7 Å². The average Bonchev–Trinajstić information content (AvgIpc) is 2.31. The number of hydrogen-bond donors (Lipinski definition) is 1. The Kier molecular flexibility index (Phi) is 6.38. The Bertz CT molecular complexity index is 299. The third kappa shape index (κ3) is 4.08. The van der Waals surface area contributed by atoms with Crippen molar-refractivity contribution in [1.29, 1.82) is 0 Å². The number of ether oxygens (including phenoxy) is 1. The smallest absolute Gasteiger partial charge is 0.0661 e. The largest absolute Gasteiger partial charge is 0.380 e. The molecule has 1 unspecified atom stereocenters. The number of pyridine rings is 1. The van der Waals surface area contributed by atoms with Gasteiger partial charge in [0, 0.05) is 19.0 Å². The van der Waals surface area contributed by atoms with Crippen LogP contribution >= 0.6 is 11.6 Å². The van der Waals surface area contributed by atoms with Gasteiger partial charge in [-0.2, -0.15) is 0 Å². The third-order valence-corrected chi connectivity index (χ3v) is 2.62. The molecule has 1 rings (SSSR count). The molecule has 16 heavy (non-hydrogen) atoms. The van der Waals surface area contributed by atoms with Gasteiger partial charge in [-0.3, -0.25) is 4.98 Å². The first kappa shape index (κ1) is 13.4. The number of hydrogen-bond acceptors (Lipinski definition) is 3. The molecule has 1 atom stereocenters. The topological polar surface area (TPSA) is 34.1 Å². The van der Waals surface area contributed by atoms with Crippen molar-refractivity contribution in [1.82, 2.24) is 10.3 Å². The van der Waals surface area contributed by atoms with Crippen molar-refractivity contribution in [3.05, 3.63) is 29.0 Å². The highest BCUT2D eigenvalue weighted by Crippen LogP contribution is 2.21. The van der Waals surface area contributed by atoms with Crippen LogP contribution < -0.4 is 5.32 Å². The van der Waals surface area contributed by atoms with E-state index in [4.69, 9.17) is 16.3 Å². The van der Waals surface area contributed by atoms with E-state index in [-0.39, 0.29) is 6.04 Å². The van der Waals surface area contributed by atoms with E-state index in [1.165, 1.54) is 0 Å². The number of rotatable bonds is 7. The lowest BCUT2D eigenvalue weighted by Gasteiger charge is -2.19. The van der Waals surface area contributed by atoms with Gasteiger partial charge in [0.2, 0.25) is 0 Å². The maximum Gasteiger partial charge on any atom is 0.0661 e. The second-order valence-electron chi connectivity index (χ2n) is 3.56. The summed E-state index contributed by atoms with van der Waals surface area (Å²) in [6.45, 7) is 6.44. The minimum atomic E-state index is 0.149. The molecule has 3 nitrogen and oxygen atoms in total. The molecular formula is C12H19ClN2O. The molecule has 0 spiro atoms. The molecule has 0 aromatic carbocycles. The fourth-order valence-electron chi connectivity index (χ4n) is 1.48. The summed E-state index contributed by atoms with van der Waals surface area (Å²) >= 11 is 6.12. The van der Waals surface area contributed by atoms with Crippen LogP contribution in [0.15, 0.2) is 18.5 Å². The highest BCUT2D eigenvalue weighted by molar-refractivity contribution is 6.31. The Morgan fingerprint density at radius 3 is 2.94 bits per heavy atom. The molecule has 0 bridgehead atoms. The molecule has 0 amide bonds. The number of halogens is 1. The predicted molar refractivity (Wildman–Crippen MR) is 66.8 cm³/mol. The van der Waals surface area contributed by atoms with E-state index in [9.17, 15) is 0 Å². The maximum absolute atomic E-state index is 6.12. The summed E-state index contributed by atoms with van der Waals surface area (Å²) in [6, 6.07) is 2.09. The quantitative estimate of drug-likeness (QED) is 0.799.